The first-order chi connectivity index (χ1) is 12.6. The number of urea groups is 1. The van der Waals surface area contributed by atoms with Crippen LogP contribution in [0.25, 0.3) is 0 Å². The van der Waals surface area contributed by atoms with Crippen LogP contribution in [0.5, 0.6) is 0 Å². The molecule has 0 bridgehead atoms. The first-order valence-electron chi connectivity index (χ1n) is 8.89. The third kappa shape index (κ3) is 3.72. The number of nitrogens with zero attached hydrogens (tertiary/aromatic N) is 1. The van der Waals surface area contributed by atoms with E-state index in [9.17, 15) is 9.59 Å². The molecule has 0 saturated heterocycles. The van der Waals surface area contributed by atoms with Crippen LogP contribution in [0.4, 0.5) is 10.5 Å². The normalized spacial score (nSPS) is 18.8. The Balaban J connectivity index is 1.74. The van der Waals surface area contributed by atoms with Gasteiger partial charge in [-0.15, -0.1) is 0 Å². The summed E-state index contributed by atoms with van der Waals surface area (Å²) < 4.78 is 4.95. The maximum absolute atomic E-state index is 12.8. The van der Waals surface area contributed by atoms with Gasteiger partial charge in [0.15, 0.2) is 0 Å². The van der Waals surface area contributed by atoms with Crippen molar-refractivity contribution in [3.05, 3.63) is 65.7 Å². The van der Waals surface area contributed by atoms with Gasteiger partial charge in [0.1, 0.15) is 0 Å². The van der Waals surface area contributed by atoms with Crippen molar-refractivity contribution < 1.29 is 14.3 Å². The zero-order chi connectivity index (χ0) is 18.5. The van der Waals surface area contributed by atoms with Gasteiger partial charge in [-0.1, -0.05) is 48.5 Å². The molecule has 5 heteroatoms. The predicted molar refractivity (Wildman–Crippen MR) is 101 cm³/mol. The smallest absolute Gasteiger partial charge is 0.322 e. The van der Waals surface area contributed by atoms with Crippen LogP contribution in [0.3, 0.4) is 0 Å². The number of esters is 1. The molecule has 2 atom stereocenters. The predicted octanol–water partition coefficient (Wildman–Crippen LogP) is 3.49. The standard InChI is InChI=1S/C21H24N2O3/c1-15-14-18(20(24)26-2)17-10-6-7-11-19(17)23(15)21(25)22-13-12-16-8-4-3-5-9-16/h3-11,15,18H,12-14H2,1-2H3,(H,22,25). The molecule has 0 aromatic heterocycles. The lowest BCUT2D eigenvalue weighted by atomic mass is 9.86. The third-order valence-corrected chi connectivity index (χ3v) is 4.83. The van der Waals surface area contributed by atoms with Gasteiger partial charge in [0, 0.05) is 18.3 Å². The van der Waals surface area contributed by atoms with Crippen molar-refractivity contribution in [1.82, 2.24) is 5.32 Å². The molecule has 5 nitrogen and oxygen atoms in total. The Hall–Kier alpha value is -2.82. The molecule has 2 aromatic rings. The molecule has 1 aliphatic heterocycles. The molecule has 0 fully saturated rings. The van der Waals surface area contributed by atoms with E-state index < -0.39 is 0 Å². The van der Waals surface area contributed by atoms with E-state index in [1.165, 1.54) is 12.7 Å². The lowest BCUT2D eigenvalue weighted by Gasteiger charge is -2.38. The molecular weight excluding hydrogens is 328 g/mol. The first kappa shape index (κ1) is 18.0. The van der Waals surface area contributed by atoms with Crippen molar-refractivity contribution in [1.29, 1.82) is 0 Å². The topological polar surface area (TPSA) is 58.6 Å². The second-order valence-electron chi connectivity index (χ2n) is 6.56. The molecule has 26 heavy (non-hydrogen) atoms. The maximum Gasteiger partial charge on any atom is 0.322 e. The Labute approximate surface area is 154 Å². The van der Waals surface area contributed by atoms with Gasteiger partial charge in [-0.25, -0.2) is 4.79 Å². The quantitative estimate of drug-likeness (QED) is 0.857. The number of fused-ring (bicyclic) bond motifs is 1. The highest BCUT2D eigenvalue weighted by atomic mass is 16.5. The van der Waals surface area contributed by atoms with Crippen molar-refractivity contribution in [3.63, 3.8) is 0 Å². The minimum atomic E-state index is -0.334. The molecule has 2 unspecified atom stereocenters. The number of benzene rings is 2. The Bertz CT molecular complexity index is 776. The first-order valence-corrected chi connectivity index (χ1v) is 8.89. The number of rotatable bonds is 4. The van der Waals surface area contributed by atoms with Crippen LogP contribution in [0.2, 0.25) is 0 Å². The average Bonchev–Trinajstić information content (AvgIpc) is 2.67. The van der Waals surface area contributed by atoms with Crippen molar-refractivity contribution in [2.45, 2.75) is 31.7 Å². The van der Waals surface area contributed by atoms with E-state index in [0.717, 1.165) is 17.7 Å². The van der Waals surface area contributed by atoms with Crippen molar-refractivity contribution in [2.24, 2.45) is 0 Å². The van der Waals surface area contributed by atoms with Crippen LogP contribution in [0.1, 0.15) is 30.4 Å². The van der Waals surface area contributed by atoms with Crippen LogP contribution in [0.15, 0.2) is 54.6 Å². The number of anilines is 1. The number of hydrogen-bond donors (Lipinski definition) is 1. The highest BCUT2D eigenvalue weighted by molar-refractivity contribution is 5.96. The SMILES string of the molecule is COC(=O)C1CC(C)N(C(=O)NCCc2ccccc2)c2ccccc21. The summed E-state index contributed by atoms with van der Waals surface area (Å²) in [5, 5.41) is 3.00. The lowest BCUT2D eigenvalue weighted by molar-refractivity contribution is -0.142. The van der Waals surface area contributed by atoms with Crippen LogP contribution in [0, 0.1) is 0 Å². The molecule has 1 heterocycles. The number of hydrogen-bond acceptors (Lipinski definition) is 3. The van der Waals surface area contributed by atoms with Gasteiger partial charge in [0.05, 0.1) is 13.0 Å². The summed E-state index contributed by atoms with van der Waals surface area (Å²) in [5.74, 6) is -0.590. The molecule has 0 saturated carbocycles. The van der Waals surface area contributed by atoms with Crippen LogP contribution in [-0.4, -0.2) is 31.7 Å². The Morgan fingerprint density at radius 3 is 2.54 bits per heavy atom. The van der Waals surface area contributed by atoms with Gasteiger partial charge in [-0.05, 0) is 37.0 Å². The molecule has 0 spiro atoms. The molecular formula is C21H24N2O3. The molecule has 0 radical (unpaired) electrons. The lowest BCUT2D eigenvalue weighted by Crippen LogP contribution is -2.49. The maximum atomic E-state index is 12.8. The second kappa shape index (κ2) is 8.04. The molecule has 3 rings (SSSR count). The molecule has 136 valence electrons. The number of nitrogens with one attached hydrogen (secondary N) is 1. The van der Waals surface area contributed by atoms with E-state index in [4.69, 9.17) is 4.74 Å². The fraction of sp³-hybridized carbons (Fsp3) is 0.333. The second-order valence-corrected chi connectivity index (χ2v) is 6.56. The fourth-order valence-electron chi connectivity index (χ4n) is 3.53. The zero-order valence-corrected chi connectivity index (χ0v) is 15.1. The number of amides is 2. The fourth-order valence-corrected chi connectivity index (χ4v) is 3.53. The number of carbonyl (C=O) groups is 2. The van der Waals surface area contributed by atoms with E-state index in [1.807, 2.05) is 61.5 Å². The summed E-state index contributed by atoms with van der Waals surface area (Å²) in [4.78, 5) is 26.7. The number of ether oxygens (including phenoxy) is 1. The van der Waals surface area contributed by atoms with Crippen LogP contribution >= 0.6 is 0 Å². The summed E-state index contributed by atoms with van der Waals surface area (Å²) in [7, 11) is 1.40. The van der Waals surface area contributed by atoms with E-state index >= 15 is 0 Å². The van der Waals surface area contributed by atoms with Gasteiger partial charge in [0.2, 0.25) is 0 Å². The molecule has 0 aliphatic carbocycles. The Kier molecular flexibility index (Phi) is 5.56. The Morgan fingerprint density at radius 2 is 1.81 bits per heavy atom. The molecule has 1 N–H and O–H groups in total. The number of para-hydroxylation sites is 1. The van der Waals surface area contributed by atoms with Crippen molar-refractivity contribution in [3.8, 4) is 0 Å². The summed E-state index contributed by atoms with van der Waals surface area (Å²) in [6.45, 7) is 2.53. The van der Waals surface area contributed by atoms with E-state index in [-0.39, 0.29) is 24.0 Å². The molecule has 2 aromatic carbocycles. The highest BCUT2D eigenvalue weighted by Gasteiger charge is 2.37. The van der Waals surface area contributed by atoms with Crippen molar-refractivity contribution >= 4 is 17.7 Å². The molecule has 2 amide bonds. The van der Waals surface area contributed by atoms with E-state index in [1.54, 1.807) is 4.90 Å². The summed E-state index contributed by atoms with van der Waals surface area (Å²) in [5.41, 5.74) is 2.81. The van der Waals surface area contributed by atoms with Gasteiger partial charge < -0.3 is 10.1 Å². The highest BCUT2D eigenvalue weighted by Crippen LogP contribution is 2.38. The monoisotopic (exact) mass is 352 g/mol. The van der Waals surface area contributed by atoms with Crippen LogP contribution in [-0.2, 0) is 16.0 Å². The van der Waals surface area contributed by atoms with Gasteiger partial charge >= 0.3 is 12.0 Å². The minimum absolute atomic E-state index is 0.0919. The zero-order valence-electron chi connectivity index (χ0n) is 15.1. The summed E-state index contributed by atoms with van der Waals surface area (Å²) >= 11 is 0. The number of carbonyl (C=O) groups excluding carboxylic acids is 2. The average molecular weight is 352 g/mol. The van der Waals surface area contributed by atoms with Gasteiger partial charge in [0.25, 0.3) is 0 Å². The van der Waals surface area contributed by atoms with Gasteiger partial charge in [-0.2, -0.15) is 0 Å². The third-order valence-electron chi connectivity index (χ3n) is 4.83. The van der Waals surface area contributed by atoms with E-state index in [2.05, 4.69) is 5.32 Å². The summed E-state index contributed by atoms with van der Waals surface area (Å²) in [6, 6.07) is 17.4. The van der Waals surface area contributed by atoms with E-state index in [0.29, 0.717) is 13.0 Å². The van der Waals surface area contributed by atoms with Gasteiger partial charge in [-0.3, -0.25) is 9.69 Å². The summed E-state index contributed by atoms with van der Waals surface area (Å²) in [6.07, 6.45) is 1.33. The number of methoxy groups -OCH3 is 1. The van der Waals surface area contributed by atoms with Crippen LogP contribution < -0.4 is 10.2 Å². The Morgan fingerprint density at radius 1 is 1.12 bits per heavy atom. The van der Waals surface area contributed by atoms with Crippen molar-refractivity contribution in [2.75, 3.05) is 18.6 Å². The molecule has 1 aliphatic rings. The minimum Gasteiger partial charge on any atom is -0.469 e. The largest absolute Gasteiger partial charge is 0.469 e.